The molecule has 0 aromatic rings. The maximum Gasteiger partial charge on any atom is 0.408 e. The lowest BCUT2D eigenvalue weighted by Gasteiger charge is -2.30. The van der Waals surface area contributed by atoms with Crippen LogP contribution in [0.1, 0.15) is 85.5 Å². The Hall–Kier alpha value is -2.63. The van der Waals surface area contributed by atoms with Gasteiger partial charge in [0.05, 0.1) is 5.75 Å². The number of hydrogen-bond acceptors (Lipinski definition) is 7. The van der Waals surface area contributed by atoms with Gasteiger partial charge in [0.1, 0.15) is 11.6 Å². The van der Waals surface area contributed by atoms with E-state index in [0.717, 1.165) is 19.3 Å². The SMILES string of the molecule is CCCS(=O)(=O)NC(=O)[C@@]12C[C@H]1C=CCCCCC[C@H](OC(=O)NC(C)(C)C)C(=O)N1CCC[C@H]1C(=O)N2. The molecule has 3 rings (SSSR count). The summed E-state index contributed by atoms with van der Waals surface area (Å²) in [6, 6.07) is -0.841. The lowest BCUT2D eigenvalue weighted by atomic mass is 10.1. The Morgan fingerprint density at radius 2 is 1.89 bits per heavy atom. The Bertz CT molecular complexity index is 1050. The van der Waals surface area contributed by atoms with Crippen molar-refractivity contribution in [2.75, 3.05) is 12.3 Å². The molecule has 12 heteroatoms. The van der Waals surface area contributed by atoms with Gasteiger partial charge in [0.15, 0.2) is 6.10 Å². The monoisotopic (exact) mass is 554 g/mol. The molecule has 214 valence electrons. The molecular weight excluding hydrogens is 512 g/mol. The fourth-order valence-electron chi connectivity index (χ4n) is 5.05. The van der Waals surface area contributed by atoms with Gasteiger partial charge in [-0.05, 0) is 72.1 Å². The third kappa shape index (κ3) is 7.70. The van der Waals surface area contributed by atoms with E-state index in [1.807, 2.05) is 32.9 Å². The van der Waals surface area contributed by atoms with Crippen LogP contribution >= 0.6 is 0 Å². The molecule has 0 aromatic heterocycles. The molecule has 0 spiro atoms. The van der Waals surface area contributed by atoms with Crippen molar-refractivity contribution in [2.45, 2.75) is 109 Å². The summed E-state index contributed by atoms with van der Waals surface area (Å²) < 4.78 is 32.3. The van der Waals surface area contributed by atoms with E-state index in [2.05, 4.69) is 15.4 Å². The summed E-state index contributed by atoms with van der Waals surface area (Å²) in [5, 5.41) is 5.51. The molecule has 2 heterocycles. The molecule has 3 aliphatic rings. The summed E-state index contributed by atoms with van der Waals surface area (Å²) >= 11 is 0. The van der Waals surface area contributed by atoms with Crippen molar-refractivity contribution in [2.24, 2.45) is 5.92 Å². The van der Waals surface area contributed by atoms with Crippen molar-refractivity contribution in [3.63, 3.8) is 0 Å². The average Bonchev–Trinajstić information content (AvgIpc) is 3.26. The fourth-order valence-corrected chi connectivity index (χ4v) is 6.16. The molecule has 3 N–H and O–H groups in total. The molecule has 1 saturated carbocycles. The summed E-state index contributed by atoms with van der Waals surface area (Å²) in [6.07, 6.45) is 7.08. The summed E-state index contributed by atoms with van der Waals surface area (Å²) in [5.41, 5.74) is -1.92. The van der Waals surface area contributed by atoms with Gasteiger partial charge < -0.3 is 20.3 Å². The number of allylic oxidation sites excluding steroid dienone is 1. The molecular formula is C26H42N4O7S. The van der Waals surface area contributed by atoms with E-state index >= 15 is 0 Å². The highest BCUT2D eigenvalue weighted by molar-refractivity contribution is 7.90. The van der Waals surface area contributed by atoms with E-state index < -0.39 is 57.1 Å². The van der Waals surface area contributed by atoms with Crippen molar-refractivity contribution >= 4 is 33.8 Å². The third-order valence-corrected chi connectivity index (χ3v) is 8.48. The molecule has 1 saturated heterocycles. The first-order chi connectivity index (χ1) is 17.8. The molecule has 0 radical (unpaired) electrons. The Kier molecular flexibility index (Phi) is 9.48. The van der Waals surface area contributed by atoms with Gasteiger partial charge in [-0.15, -0.1) is 0 Å². The van der Waals surface area contributed by atoms with Gasteiger partial charge in [-0.1, -0.05) is 25.5 Å². The predicted molar refractivity (Wildman–Crippen MR) is 141 cm³/mol. The van der Waals surface area contributed by atoms with Crippen LogP contribution in [0.15, 0.2) is 12.2 Å². The first-order valence-corrected chi connectivity index (χ1v) is 15.3. The zero-order chi connectivity index (χ0) is 28.1. The van der Waals surface area contributed by atoms with Crippen LogP contribution in [0.4, 0.5) is 4.79 Å². The molecule has 2 aliphatic heterocycles. The number of alkyl carbamates (subject to hydrolysis) is 1. The molecule has 38 heavy (non-hydrogen) atoms. The normalized spacial score (nSPS) is 28.7. The lowest BCUT2D eigenvalue weighted by Crippen LogP contribution is -2.57. The number of nitrogens with zero attached hydrogens (tertiary/aromatic N) is 1. The van der Waals surface area contributed by atoms with Crippen LogP contribution in [0.5, 0.6) is 0 Å². The van der Waals surface area contributed by atoms with Gasteiger partial charge >= 0.3 is 6.09 Å². The number of nitrogens with one attached hydrogen (secondary N) is 3. The second-order valence-electron chi connectivity index (χ2n) is 11.5. The van der Waals surface area contributed by atoms with Gasteiger partial charge in [0.25, 0.3) is 11.8 Å². The molecule has 0 aromatic carbocycles. The van der Waals surface area contributed by atoms with E-state index in [4.69, 9.17) is 4.74 Å². The summed E-state index contributed by atoms with van der Waals surface area (Å²) in [5.74, 6) is -2.23. The van der Waals surface area contributed by atoms with E-state index in [0.29, 0.717) is 38.6 Å². The smallest absolute Gasteiger partial charge is 0.408 e. The second kappa shape index (κ2) is 12.0. The number of carbonyl (C=O) groups is 4. The van der Waals surface area contributed by atoms with Crippen molar-refractivity contribution < 1.29 is 32.3 Å². The van der Waals surface area contributed by atoms with Crippen LogP contribution in [0, 0.1) is 5.92 Å². The largest absolute Gasteiger partial charge is 0.436 e. The summed E-state index contributed by atoms with van der Waals surface area (Å²) in [4.78, 5) is 54.1. The van der Waals surface area contributed by atoms with Crippen LogP contribution < -0.4 is 15.4 Å². The minimum Gasteiger partial charge on any atom is -0.436 e. The standard InChI is InChI=1S/C26H42N4O7S/c1-5-16-38(35,36)29-23(33)26-17-18(26)12-9-7-6-8-10-14-20(37-24(34)28-25(2,3)4)22(32)30-15-11-13-19(30)21(31)27-26/h9,12,18-20H,5-8,10-11,13-17H2,1-4H3,(H,27,31)(H,28,34)(H,29,33)/t18-,19+,20+,26-/m1/s1. The summed E-state index contributed by atoms with van der Waals surface area (Å²) in [7, 11) is -3.83. The second-order valence-corrected chi connectivity index (χ2v) is 13.4. The van der Waals surface area contributed by atoms with Gasteiger partial charge in [0, 0.05) is 18.0 Å². The third-order valence-electron chi connectivity index (χ3n) is 7.03. The topological polar surface area (TPSA) is 151 Å². The maximum absolute atomic E-state index is 13.5. The minimum atomic E-state index is -3.83. The Labute approximate surface area is 225 Å². The van der Waals surface area contributed by atoms with Crippen molar-refractivity contribution in [3.8, 4) is 0 Å². The summed E-state index contributed by atoms with van der Waals surface area (Å²) in [6.45, 7) is 7.46. The number of carbonyl (C=O) groups excluding carboxylic acids is 4. The average molecular weight is 555 g/mol. The number of ether oxygens (including phenoxy) is 1. The number of hydrogen-bond donors (Lipinski definition) is 3. The quantitative estimate of drug-likeness (QED) is 0.440. The van der Waals surface area contributed by atoms with Gasteiger partial charge in [-0.2, -0.15) is 0 Å². The maximum atomic E-state index is 13.5. The Balaban J connectivity index is 1.83. The predicted octanol–water partition coefficient (Wildman–Crippen LogP) is 2.12. The fraction of sp³-hybridized carbons (Fsp3) is 0.769. The molecule has 0 bridgehead atoms. The molecule has 4 amide bonds. The minimum absolute atomic E-state index is 0.196. The van der Waals surface area contributed by atoms with Gasteiger partial charge in [-0.3, -0.25) is 19.1 Å². The van der Waals surface area contributed by atoms with Crippen LogP contribution in [0.25, 0.3) is 0 Å². The number of rotatable bonds is 5. The highest BCUT2D eigenvalue weighted by Crippen LogP contribution is 2.45. The first-order valence-electron chi connectivity index (χ1n) is 13.6. The molecule has 11 nitrogen and oxygen atoms in total. The van der Waals surface area contributed by atoms with Gasteiger partial charge in [0.2, 0.25) is 15.9 Å². The van der Waals surface area contributed by atoms with E-state index in [-0.39, 0.29) is 18.1 Å². The lowest BCUT2D eigenvalue weighted by molar-refractivity contribution is -0.146. The highest BCUT2D eigenvalue weighted by atomic mass is 32.2. The zero-order valence-corrected chi connectivity index (χ0v) is 23.7. The van der Waals surface area contributed by atoms with Crippen LogP contribution in [-0.4, -0.2) is 72.7 Å². The van der Waals surface area contributed by atoms with Crippen LogP contribution in [-0.2, 0) is 29.1 Å². The molecule has 2 fully saturated rings. The molecule has 4 atom stereocenters. The molecule has 1 aliphatic carbocycles. The number of amides is 4. The first kappa shape index (κ1) is 29.9. The number of sulfonamides is 1. The Morgan fingerprint density at radius 1 is 1.16 bits per heavy atom. The highest BCUT2D eigenvalue weighted by Gasteiger charge is 2.61. The number of fused-ring (bicyclic) bond motifs is 2. The van der Waals surface area contributed by atoms with Crippen molar-refractivity contribution in [1.82, 2.24) is 20.3 Å². The Morgan fingerprint density at radius 3 is 2.58 bits per heavy atom. The van der Waals surface area contributed by atoms with E-state index in [1.165, 1.54) is 4.90 Å². The van der Waals surface area contributed by atoms with Crippen LogP contribution in [0.3, 0.4) is 0 Å². The van der Waals surface area contributed by atoms with Crippen LogP contribution in [0.2, 0.25) is 0 Å². The van der Waals surface area contributed by atoms with Crippen molar-refractivity contribution in [1.29, 1.82) is 0 Å². The van der Waals surface area contributed by atoms with Crippen molar-refractivity contribution in [3.05, 3.63) is 12.2 Å². The van der Waals surface area contributed by atoms with E-state index in [1.54, 1.807) is 6.92 Å². The van der Waals surface area contributed by atoms with E-state index in [9.17, 15) is 27.6 Å². The molecule has 0 unspecified atom stereocenters. The zero-order valence-electron chi connectivity index (χ0n) is 22.9. The van der Waals surface area contributed by atoms with Gasteiger partial charge in [-0.25, -0.2) is 13.2 Å².